The second-order valence-corrected chi connectivity index (χ2v) is 9.49. The van der Waals surface area contributed by atoms with E-state index >= 15 is 0 Å². The molecule has 1 unspecified atom stereocenters. The molecule has 1 aliphatic heterocycles. The largest absolute Gasteiger partial charge is 0.273 e. The zero-order chi connectivity index (χ0) is 19.1. The van der Waals surface area contributed by atoms with Gasteiger partial charge in [0.2, 0.25) is 0 Å². The van der Waals surface area contributed by atoms with E-state index in [1.807, 2.05) is 6.07 Å². The van der Waals surface area contributed by atoms with Crippen LogP contribution in [0, 0.1) is 0 Å². The summed E-state index contributed by atoms with van der Waals surface area (Å²) in [7, 11) is -3.83. The van der Waals surface area contributed by atoms with Gasteiger partial charge in [0.05, 0.1) is 11.8 Å². The fraction of sp³-hybridized carbons (Fsp3) is 0.263. The van der Waals surface area contributed by atoms with Crippen molar-refractivity contribution in [3.05, 3.63) is 70.2 Å². The van der Waals surface area contributed by atoms with Crippen LogP contribution in [0.25, 0.3) is 0 Å². The highest BCUT2D eigenvalue weighted by molar-refractivity contribution is 7.93. The Balaban J connectivity index is 2.15. The van der Waals surface area contributed by atoms with Gasteiger partial charge in [-0.15, -0.1) is 0 Å². The average molecular weight is 392 g/mol. The summed E-state index contributed by atoms with van der Waals surface area (Å²) in [6.07, 6.45) is 0. The van der Waals surface area contributed by atoms with Crippen molar-refractivity contribution in [2.24, 2.45) is 0 Å². The lowest BCUT2D eigenvalue weighted by Gasteiger charge is -2.33. The number of fused-ring (bicyclic) bond motifs is 1. The molecule has 0 bridgehead atoms. The van der Waals surface area contributed by atoms with E-state index in [1.165, 1.54) is 32.0 Å². The molecule has 0 N–H and O–H groups in total. The smallest absolute Gasteiger partial charge is 0.261 e. The third kappa shape index (κ3) is 3.15. The summed E-state index contributed by atoms with van der Waals surface area (Å²) in [5.41, 5.74) is 1.09. The van der Waals surface area contributed by atoms with Crippen LogP contribution in [-0.2, 0) is 21.2 Å². The van der Waals surface area contributed by atoms with Gasteiger partial charge in [-0.25, -0.2) is 8.42 Å². The van der Waals surface area contributed by atoms with Crippen molar-refractivity contribution in [3.63, 3.8) is 0 Å². The first-order chi connectivity index (χ1) is 12.2. The maximum Gasteiger partial charge on any atom is 0.261 e. The molecule has 136 valence electrons. The van der Waals surface area contributed by atoms with Gasteiger partial charge in [0.15, 0.2) is 15.1 Å². The van der Waals surface area contributed by atoms with E-state index in [-0.39, 0.29) is 22.7 Å². The van der Waals surface area contributed by atoms with Crippen LogP contribution in [0.5, 0.6) is 0 Å². The lowest BCUT2D eigenvalue weighted by Crippen LogP contribution is -2.47. The van der Waals surface area contributed by atoms with Crippen molar-refractivity contribution < 1.29 is 18.0 Å². The molecule has 5 nitrogen and oxygen atoms in total. The zero-order valence-electron chi connectivity index (χ0n) is 14.3. The van der Waals surface area contributed by atoms with E-state index in [1.54, 1.807) is 24.3 Å². The molecular weight excluding hydrogens is 374 g/mol. The van der Waals surface area contributed by atoms with Crippen LogP contribution in [0.3, 0.4) is 0 Å². The van der Waals surface area contributed by atoms with E-state index in [0.29, 0.717) is 0 Å². The maximum absolute atomic E-state index is 13.0. The Hall–Kier alpha value is -2.18. The number of hydrogen-bond acceptors (Lipinski definition) is 4. The van der Waals surface area contributed by atoms with Gasteiger partial charge in [0.1, 0.15) is 0 Å². The number of carbonyl (C=O) groups is 2. The summed E-state index contributed by atoms with van der Waals surface area (Å²) in [6, 6.07) is 13.4. The SMILES string of the molecule is CC(C)S(=O)(=O)C1C(=O)N(Cc2ccccc2)C(=O)c2ccc(Cl)cc21. The molecule has 1 heterocycles. The van der Waals surface area contributed by atoms with E-state index in [9.17, 15) is 18.0 Å². The highest BCUT2D eigenvalue weighted by atomic mass is 35.5. The Morgan fingerprint density at radius 3 is 2.35 bits per heavy atom. The van der Waals surface area contributed by atoms with Gasteiger partial charge >= 0.3 is 0 Å². The quantitative estimate of drug-likeness (QED) is 0.749. The fourth-order valence-electron chi connectivity index (χ4n) is 2.97. The highest BCUT2D eigenvalue weighted by Gasteiger charge is 2.46. The normalized spacial score (nSPS) is 17.5. The molecule has 0 saturated heterocycles. The molecule has 1 aliphatic rings. The third-order valence-electron chi connectivity index (χ3n) is 4.43. The maximum atomic E-state index is 13.0. The van der Waals surface area contributed by atoms with Gasteiger partial charge in [-0.3, -0.25) is 14.5 Å². The van der Waals surface area contributed by atoms with Gasteiger partial charge in [0, 0.05) is 10.6 Å². The van der Waals surface area contributed by atoms with Crippen LogP contribution in [-0.4, -0.2) is 30.4 Å². The van der Waals surface area contributed by atoms with Gasteiger partial charge in [0.25, 0.3) is 11.8 Å². The number of sulfone groups is 1. The van der Waals surface area contributed by atoms with E-state index in [0.717, 1.165) is 10.5 Å². The lowest BCUT2D eigenvalue weighted by molar-refractivity contribution is -0.129. The fourth-order valence-corrected chi connectivity index (χ4v) is 4.65. The van der Waals surface area contributed by atoms with Crippen LogP contribution in [0.1, 0.15) is 40.6 Å². The molecule has 0 aliphatic carbocycles. The predicted molar refractivity (Wildman–Crippen MR) is 99.6 cm³/mol. The van der Waals surface area contributed by atoms with E-state index in [2.05, 4.69) is 0 Å². The van der Waals surface area contributed by atoms with Crippen LogP contribution in [0.15, 0.2) is 48.5 Å². The van der Waals surface area contributed by atoms with Crippen molar-refractivity contribution in [3.8, 4) is 0 Å². The second kappa shape index (κ2) is 6.85. The molecule has 2 amide bonds. The summed E-state index contributed by atoms with van der Waals surface area (Å²) >= 11 is 6.00. The molecule has 26 heavy (non-hydrogen) atoms. The first-order valence-corrected chi connectivity index (χ1v) is 10.1. The number of nitrogens with zero attached hydrogens (tertiary/aromatic N) is 1. The minimum absolute atomic E-state index is 0.0185. The molecule has 0 saturated carbocycles. The summed E-state index contributed by atoms with van der Waals surface area (Å²) in [6.45, 7) is 3.06. The highest BCUT2D eigenvalue weighted by Crippen LogP contribution is 2.37. The Kier molecular flexibility index (Phi) is 4.90. The van der Waals surface area contributed by atoms with Gasteiger partial charge in [-0.05, 0) is 43.2 Å². The Morgan fingerprint density at radius 1 is 1.08 bits per heavy atom. The second-order valence-electron chi connectivity index (χ2n) is 6.46. The lowest BCUT2D eigenvalue weighted by atomic mass is 9.97. The Morgan fingerprint density at radius 2 is 1.73 bits per heavy atom. The summed E-state index contributed by atoms with van der Waals surface area (Å²) in [5, 5.41) is -1.92. The number of hydrogen-bond donors (Lipinski definition) is 0. The third-order valence-corrected chi connectivity index (χ3v) is 7.09. The number of benzene rings is 2. The summed E-state index contributed by atoms with van der Waals surface area (Å²) in [5.74, 6) is -1.25. The van der Waals surface area contributed by atoms with E-state index in [4.69, 9.17) is 11.6 Å². The van der Waals surface area contributed by atoms with Crippen molar-refractivity contribution in [1.82, 2.24) is 4.90 Å². The van der Waals surface area contributed by atoms with Crippen LogP contribution in [0.4, 0.5) is 0 Å². The van der Waals surface area contributed by atoms with Crippen LogP contribution < -0.4 is 0 Å². The molecule has 3 rings (SSSR count). The van der Waals surface area contributed by atoms with Crippen LogP contribution >= 0.6 is 11.6 Å². The van der Waals surface area contributed by atoms with Gasteiger partial charge in [-0.2, -0.15) is 0 Å². The van der Waals surface area contributed by atoms with Crippen molar-refractivity contribution in [1.29, 1.82) is 0 Å². The Labute approximate surface area is 157 Å². The standard InChI is InChI=1S/C19H18ClNO4S/c1-12(2)26(24,25)17-16-10-14(20)8-9-15(16)18(22)21(19(17)23)11-13-6-4-3-5-7-13/h3-10,12,17H,11H2,1-2H3. The minimum atomic E-state index is -3.83. The summed E-state index contributed by atoms with van der Waals surface area (Å²) in [4.78, 5) is 26.9. The van der Waals surface area contributed by atoms with Crippen LogP contribution in [0.2, 0.25) is 5.02 Å². The zero-order valence-corrected chi connectivity index (χ0v) is 15.9. The predicted octanol–water partition coefficient (Wildman–Crippen LogP) is 3.39. The first kappa shape index (κ1) is 18.6. The molecule has 0 spiro atoms. The number of rotatable bonds is 4. The monoisotopic (exact) mass is 391 g/mol. The number of amides is 2. The Bertz CT molecular complexity index is 970. The molecule has 0 radical (unpaired) electrons. The number of carbonyl (C=O) groups excluding carboxylic acids is 2. The average Bonchev–Trinajstić information content (AvgIpc) is 2.59. The molecule has 0 fully saturated rings. The van der Waals surface area contributed by atoms with Gasteiger partial charge in [-0.1, -0.05) is 41.9 Å². The van der Waals surface area contributed by atoms with Gasteiger partial charge < -0.3 is 0 Å². The summed E-state index contributed by atoms with van der Waals surface area (Å²) < 4.78 is 25.7. The van der Waals surface area contributed by atoms with Crippen molar-refractivity contribution >= 4 is 33.3 Å². The van der Waals surface area contributed by atoms with E-state index < -0.39 is 32.2 Å². The molecule has 1 atom stereocenters. The molecule has 7 heteroatoms. The van der Waals surface area contributed by atoms with Crippen molar-refractivity contribution in [2.45, 2.75) is 30.9 Å². The molecule has 2 aromatic rings. The first-order valence-electron chi connectivity index (χ1n) is 8.15. The molecular formula is C19H18ClNO4S. The number of imide groups is 1. The minimum Gasteiger partial charge on any atom is -0.273 e. The van der Waals surface area contributed by atoms with Crippen molar-refractivity contribution in [2.75, 3.05) is 0 Å². The molecule has 0 aromatic heterocycles. The number of halogens is 1. The topological polar surface area (TPSA) is 71.5 Å². The molecule has 2 aromatic carbocycles.